The van der Waals surface area contributed by atoms with Gasteiger partial charge in [-0.15, -0.1) is 0 Å². The van der Waals surface area contributed by atoms with Crippen molar-refractivity contribution in [3.63, 3.8) is 0 Å². The summed E-state index contributed by atoms with van der Waals surface area (Å²) in [7, 11) is 0. The van der Waals surface area contributed by atoms with E-state index in [1.165, 1.54) is 12.0 Å². The van der Waals surface area contributed by atoms with Crippen LogP contribution in [-0.2, 0) is 24.1 Å². The number of carbonyl (C=O) groups is 1. The van der Waals surface area contributed by atoms with Crippen LogP contribution in [0.25, 0.3) is 0 Å². The van der Waals surface area contributed by atoms with Gasteiger partial charge in [0.1, 0.15) is 5.82 Å². The molecule has 160 valence electrons. The van der Waals surface area contributed by atoms with Gasteiger partial charge in [-0.05, 0) is 62.1 Å². The van der Waals surface area contributed by atoms with E-state index in [-0.39, 0.29) is 17.6 Å². The molecule has 0 saturated carbocycles. The molecule has 0 saturated heterocycles. The fourth-order valence-corrected chi connectivity index (χ4v) is 3.86. The van der Waals surface area contributed by atoms with Crippen molar-refractivity contribution in [2.45, 2.75) is 51.4 Å². The number of nitrogens with one attached hydrogen (secondary N) is 2. The average Bonchev–Trinajstić information content (AvgIpc) is 2.76. The highest BCUT2D eigenvalue weighted by molar-refractivity contribution is 5.75. The van der Waals surface area contributed by atoms with Gasteiger partial charge in [0.05, 0.1) is 5.76 Å². The number of aliphatic hydroxyl groups excluding tert-OH is 1. The van der Waals surface area contributed by atoms with Crippen molar-refractivity contribution in [2.75, 3.05) is 18.4 Å². The lowest BCUT2D eigenvalue weighted by atomic mass is 9.95. The van der Waals surface area contributed by atoms with Crippen LogP contribution in [0.15, 0.2) is 54.8 Å². The number of benzene rings is 1. The van der Waals surface area contributed by atoms with Gasteiger partial charge >= 0.3 is 0 Å². The summed E-state index contributed by atoms with van der Waals surface area (Å²) in [6, 6.07) is 14.3. The van der Waals surface area contributed by atoms with Gasteiger partial charge in [-0.25, -0.2) is 4.98 Å². The van der Waals surface area contributed by atoms with Gasteiger partial charge < -0.3 is 15.7 Å². The Kier molecular flexibility index (Phi) is 8.30. The molecular weight excluding hydrogens is 374 g/mol. The number of carbonyl (C=O) groups excluding carboxylic acids is 1. The second-order valence-electron chi connectivity index (χ2n) is 8.06. The van der Waals surface area contributed by atoms with Gasteiger partial charge in [-0.2, -0.15) is 0 Å². The number of fused-ring (bicyclic) bond motifs is 1. The van der Waals surface area contributed by atoms with E-state index in [1.54, 1.807) is 0 Å². The lowest BCUT2D eigenvalue weighted by Gasteiger charge is -2.17. The number of nitrogens with zero attached hydrogens (tertiary/aromatic N) is 1. The Morgan fingerprint density at radius 2 is 2.03 bits per heavy atom. The smallest absolute Gasteiger partial charge is 0.219 e. The fraction of sp³-hybridized carbons (Fsp3) is 0.440. The van der Waals surface area contributed by atoms with Crippen molar-refractivity contribution >= 4 is 11.7 Å². The zero-order chi connectivity index (χ0) is 21.2. The lowest BCUT2D eigenvalue weighted by molar-refractivity contribution is -0.121. The van der Waals surface area contributed by atoms with Crippen LogP contribution in [0.5, 0.6) is 0 Å². The number of unbranched alkanes of at least 4 members (excludes halogenated alkanes) is 1. The number of aryl methyl sites for hydroxylation is 2. The largest absolute Gasteiger partial charge is 0.513 e. The van der Waals surface area contributed by atoms with E-state index in [0.29, 0.717) is 19.4 Å². The number of pyridine rings is 1. The number of allylic oxidation sites excluding steroid dienone is 1. The number of aromatic nitrogens is 1. The number of aliphatic hydroxyl groups is 1. The van der Waals surface area contributed by atoms with Crippen LogP contribution < -0.4 is 10.6 Å². The predicted octanol–water partition coefficient (Wildman–Crippen LogP) is 4.59. The normalized spacial score (nSPS) is 13.7. The molecule has 1 amide bonds. The Bertz CT molecular complexity index is 836. The van der Waals surface area contributed by atoms with E-state index in [1.807, 2.05) is 30.3 Å². The van der Waals surface area contributed by atoms with Crippen LogP contribution in [0, 0.1) is 5.92 Å². The summed E-state index contributed by atoms with van der Waals surface area (Å²) in [6.45, 7) is 5.25. The molecule has 0 bridgehead atoms. The molecule has 0 fully saturated rings. The Morgan fingerprint density at radius 3 is 2.83 bits per heavy atom. The Hall–Kier alpha value is -2.82. The first-order valence-electron chi connectivity index (χ1n) is 11.0. The van der Waals surface area contributed by atoms with Crippen molar-refractivity contribution in [3.05, 3.63) is 71.6 Å². The number of hydrogen-bond acceptors (Lipinski definition) is 4. The third-order valence-corrected chi connectivity index (χ3v) is 5.65. The van der Waals surface area contributed by atoms with Crippen LogP contribution in [0.4, 0.5) is 5.82 Å². The highest BCUT2D eigenvalue weighted by Gasteiger charge is 2.14. The first-order valence-corrected chi connectivity index (χ1v) is 11.0. The summed E-state index contributed by atoms with van der Waals surface area (Å²) in [5, 5.41) is 16.2. The molecule has 2 heterocycles. The predicted molar refractivity (Wildman–Crippen MR) is 122 cm³/mol. The third kappa shape index (κ3) is 6.90. The molecule has 0 spiro atoms. The number of rotatable bonds is 11. The minimum absolute atomic E-state index is 0.0450. The topological polar surface area (TPSA) is 74.2 Å². The monoisotopic (exact) mass is 407 g/mol. The molecular formula is C25H33N3O2. The SMILES string of the molecule is C=C(O)C(CCNC(=O)CCCCc1ccc2c(n1)NCCC2)Cc1ccccc1. The molecule has 1 aromatic heterocycles. The van der Waals surface area contributed by atoms with E-state index < -0.39 is 0 Å². The molecule has 3 rings (SSSR count). The molecule has 5 heteroatoms. The van der Waals surface area contributed by atoms with Gasteiger partial charge in [0.15, 0.2) is 0 Å². The molecule has 2 aromatic rings. The molecule has 1 unspecified atom stereocenters. The van der Waals surface area contributed by atoms with E-state index in [0.717, 1.165) is 55.7 Å². The number of amides is 1. The Labute approximate surface area is 179 Å². The second-order valence-corrected chi connectivity index (χ2v) is 8.06. The van der Waals surface area contributed by atoms with Gasteiger partial charge in [0.2, 0.25) is 5.91 Å². The molecule has 3 N–H and O–H groups in total. The minimum atomic E-state index is -0.0450. The molecule has 0 aliphatic carbocycles. The van der Waals surface area contributed by atoms with Crippen LogP contribution in [0.1, 0.15) is 48.9 Å². The molecule has 0 radical (unpaired) electrons. The van der Waals surface area contributed by atoms with E-state index in [9.17, 15) is 9.90 Å². The third-order valence-electron chi connectivity index (χ3n) is 5.65. The van der Waals surface area contributed by atoms with Crippen LogP contribution in [0.2, 0.25) is 0 Å². The van der Waals surface area contributed by atoms with Crippen molar-refractivity contribution in [1.82, 2.24) is 10.3 Å². The molecule has 1 aliphatic rings. The summed E-state index contributed by atoms with van der Waals surface area (Å²) >= 11 is 0. The number of hydrogen-bond donors (Lipinski definition) is 3. The highest BCUT2D eigenvalue weighted by atomic mass is 16.3. The highest BCUT2D eigenvalue weighted by Crippen LogP contribution is 2.20. The van der Waals surface area contributed by atoms with Gasteiger partial charge in [-0.3, -0.25) is 4.79 Å². The summed E-state index contributed by atoms with van der Waals surface area (Å²) in [5.74, 6) is 1.24. The first kappa shape index (κ1) is 21.9. The van der Waals surface area contributed by atoms with Gasteiger partial charge in [0, 0.05) is 31.1 Å². The molecule has 1 aromatic carbocycles. The van der Waals surface area contributed by atoms with Gasteiger partial charge in [-0.1, -0.05) is 43.0 Å². The Balaban J connectivity index is 1.32. The first-order chi connectivity index (χ1) is 14.6. The summed E-state index contributed by atoms with van der Waals surface area (Å²) in [4.78, 5) is 16.8. The standard InChI is InChI=1S/C25H33N3O2/c1-19(29)22(18-20-8-3-2-4-9-20)15-17-26-24(30)12-6-5-11-23-14-13-21-10-7-16-27-25(21)28-23/h2-4,8-9,13-14,22,29H,1,5-7,10-12,15-18H2,(H,26,30)(H,27,28). The second kappa shape index (κ2) is 11.4. The summed E-state index contributed by atoms with van der Waals surface area (Å²) < 4.78 is 0. The maximum absolute atomic E-state index is 12.1. The molecule has 30 heavy (non-hydrogen) atoms. The van der Waals surface area contributed by atoms with E-state index >= 15 is 0 Å². The van der Waals surface area contributed by atoms with Crippen LogP contribution >= 0.6 is 0 Å². The number of anilines is 1. The van der Waals surface area contributed by atoms with Crippen molar-refractivity contribution in [3.8, 4) is 0 Å². The fourth-order valence-electron chi connectivity index (χ4n) is 3.86. The minimum Gasteiger partial charge on any atom is -0.513 e. The van der Waals surface area contributed by atoms with Crippen LogP contribution in [-0.4, -0.2) is 29.1 Å². The lowest BCUT2D eigenvalue weighted by Crippen LogP contribution is -2.26. The van der Waals surface area contributed by atoms with E-state index in [2.05, 4.69) is 29.3 Å². The molecule has 1 aliphatic heterocycles. The zero-order valence-corrected chi connectivity index (χ0v) is 17.7. The molecule has 1 atom stereocenters. The average molecular weight is 408 g/mol. The zero-order valence-electron chi connectivity index (χ0n) is 17.7. The van der Waals surface area contributed by atoms with Crippen LogP contribution in [0.3, 0.4) is 0 Å². The van der Waals surface area contributed by atoms with Crippen molar-refractivity contribution < 1.29 is 9.90 Å². The quantitative estimate of drug-likeness (QED) is 0.376. The van der Waals surface area contributed by atoms with Gasteiger partial charge in [0.25, 0.3) is 0 Å². The maximum atomic E-state index is 12.1. The van der Waals surface area contributed by atoms with Crippen molar-refractivity contribution in [1.29, 1.82) is 0 Å². The van der Waals surface area contributed by atoms with Crippen molar-refractivity contribution in [2.24, 2.45) is 5.92 Å². The summed E-state index contributed by atoms with van der Waals surface area (Å²) in [5.41, 5.74) is 3.56. The van der Waals surface area contributed by atoms with E-state index in [4.69, 9.17) is 4.98 Å². The Morgan fingerprint density at radius 1 is 1.20 bits per heavy atom. The molecule has 5 nitrogen and oxygen atoms in total. The summed E-state index contributed by atoms with van der Waals surface area (Å²) in [6.07, 6.45) is 6.89. The maximum Gasteiger partial charge on any atom is 0.219 e.